The Balaban J connectivity index is 0.00000304. The van der Waals surface area contributed by atoms with Gasteiger partial charge in [-0.25, -0.2) is 4.98 Å². The van der Waals surface area contributed by atoms with E-state index < -0.39 is 0 Å². The zero-order valence-corrected chi connectivity index (χ0v) is 20.9. The molecule has 0 spiro atoms. The number of aromatic nitrogens is 2. The Kier molecular flexibility index (Phi) is 8.26. The number of hydrogen-bond donors (Lipinski definition) is 2. The number of methoxy groups -OCH3 is 1. The topological polar surface area (TPSA) is 62.3 Å². The predicted octanol–water partition coefficient (Wildman–Crippen LogP) is 6.25. The summed E-state index contributed by atoms with van der Waals surface area (Å²) in [5.41, 5.74) is 2.22. The van der Waals surface area contributed by atoms with Gasteiger partial charge in [0, 0.05) is 37.6 Å². The molecule has 6 nitrogen and oxygen atoms in total. The molecule has 36 heavy (non-hydrogen) atoms. The zero-order chi connectivity index (χ0) is 24.2. The van der Waals surface area contributed by atoms with E-state index in [0.29, 0.717) is 12.0 Å². The van der Waals surface area contributed by atoms with Crippen molar-refractivity contribution in [3.8, 4) is 5.75 Å². The number of ether oxygens (including phenoxy) is 1. The van der Waals surface area contributed by atoms with Crippen LogP contribution in [0.25, 0.3) is 21.7 Å². The number of para-hydroxylation sites is 1. The standard InChI is InChI=1S/C29H35N5O.CH4/c1-34(2)28-24-10-6-7-11-26(24)32-29(33-28)31-22-15-12-20(13-16-22)18-30-19-25-23-9-5-4-8-21(23)14-17-27(25)35-3;/h4-11,14,17,20,22,30H,12-13,15-16,18-19H2,1-3H3,(H,31,32,33);1H4. The van der Waals surface area contributed by atoms with Crippen LogP contribution in [-0.4, -0.2) is 43.8 Å². The fraction of sp³-hybridized carbons (Fsp3) is 0.400. The van der Waals surface area contributed by atoms with E-state index in [1.165, 1.54) is 29.2 Å². The van der Waals surface area contributed by atoms with Crippen LogP contribution in [-0.2, 0) is 6.54 Å². The van der Waals surface area contributed by atoms with Crippen LogP contribution in [0, 0.1) is 5.92 Å². The minimum atomic E-state index is 0. The summed E-state index contributed by atoms with van der Waals surface area (Å²) in [6.45, 7) is 1.84. The summed E-state index contributed by atoms with van der Waals surface area (Å²) < 4.78 is 5.65. The summed E-state index contributed by atoms with van der Waals surface area (Å²) in [6.07, 6.45) is 4.67. The Hall–Kier alpha value is -3.38. The van der Waals surface area contributed by atoms with Crippen molar-refractivity contribution in [3.63, 3.8) is 0 Å². The quantitative estimate of drug-likeness (QED) is 0.307. The molecule has 1 aliphatic carbocycles. The largest absolute Gasteiger partial charge is 0.496 e. The number of benzene rings is 3. The van der Waals surface area contributed by atoms with Crippen LogP contribution in [0.3, 0.4) is 0 Å². The normalized spacial score (nSPS) is 17.5. The molecule has 0 amide bonds. The van der Waals surface area contributed by atoms with E-state index >= 15 is 0 Å². The van der Waals surface area contributed by atoms with E-state index in [2.05, 4.69) is 64.1 Å². The average Bonchev–Trinajstić information content (AvgIpc) is 2.89. The lowest BCUT2D eigenvalue weighted by Crippen LogP contribution is -2.31. The lowest BCUT2D eigenvalue weighted by Gasteiger charge is -2.29. The molecule has 1 heterocycles. The van der Waals surface area contributed by atoms with Crippen LogP contribution in [0.2, 0.25) is 0 Å². The lowest BCUT2D eigenvalue weighted by atomic mass is 9.86. The van der Waals surface area contributed by atoms with E-state index in [1.807, 2.05) is 26.2 Å². The first-order chi connectivity index (χ1) is 17.1. The van der Waals surface area contributed by atoms with Gasteiger partial charge in [-0.15, -0.1) is 0 Å². The maximum absolute atomic E-state index is 5.65. The van der Waals surface area contributed by atoms with Crippen molar-refractivity contribution in [1.82, 2.24) is 15.3 Å². The summed E-state index contributed by atoms with van der Waals surface area (Å²) in [5.74, 6) is 3.33. The third-order valence-electron chi connectivity index (χ3n) is 7.14. The Morgan fingerprint density at radius 1 is 0.889 bits per heavy atom. The van der Waals surface area contributed by atoms with Gasteiger partial charge in [-0.3, -0.25) is 0 Å². The Morgan fingerprint density at radius 2 is 1.61 bits per heavy atom. The number of fused-ring (bicyclic) bond motifs is 2. The number of hydrogen-bond acceptors (Lipinski definition) is 6. The van der Waals surface area contributed by atoms with Crippen LogP contribution < -0.4 is 20.3 Å². The molecule has 0 radical (unpaired) electrons. The molecule has 2 N–H and O–H groups in total. The highest BCUT2D eigenvalue weighted by molar-refractivity contribution is 5.90. The van der Waals surface area contributed by atoms with E-state index in [9.17, 15) is 0 Å². The van der Waals surface area contributed by atoms with Gasteiger partial charge >= 0.3 is 0 Å². The van der Waals surface area contributed by atoms with E-state index in [-0.39, 0.29) is 7.43 Å². The highest BCUT2D eigenvalue weighted by Crippen LogP contribution is 2.30. The molecule has 0 saturated heterocycles. The molecule has 0 bridgehead atoms. The maximum atomic E-state index is 5.65. The molecule has 1 aromatic heterocycles. The molecule has 1 saturated carbocycles. The van der Waals surface area contributed by atoms with E-state index in [0.717, 1.165) is 54.3 Å². The monoisotopic (exact) mass is 485 g/mol. The third kappa shape index (κ3) is 5.54. The first-order valence-corrected chi connectivity index (χ1v) is 12.6. The molecule has 190 valence electrons. The zero-order valence-electron chi connectivity index (χ0n) is 20.9. The molecule has 3 aromatic carbocycles. The Morgan fingerprint density at radius 3 is 2.36 bits per heavy atom. The summed E-state index contributed by atoms with van der Waals surface area (Å²) in [4.78, 5) is 11.7. The third-order valence-corrected chi connectivity index (χ3v) is 7.14. The van der Waals surface area contributed by atoms with Gasteiger partial charge < -0.3 is 20.3 Å². The second-order valence-corrected chi connectivity index (χ2v) is 9.74. The SMILES string of the molecule is C.COc1ccc2ccccc2c1CNCC1CCC(Nc2nc(N(C)C)c3ccccc3n2)CC1. The van der Waals surface area contributed by atoms with Gasteiger partial charge in [0.2, 0.25) is 5.95 Å². The first kappa shape index (κ1) is 25.7. The second-order valence-electron chi connectivity index (χ2n) is 9.74. The van der Waals surface area contributed by atoms with Gasteiger partial charge in [0.05, 0.1) is 12.6 Å². The van der Waals surface area contributed by atoms with Gasteiger partial charge in [-0.2, -0.15) is 4.98 Å². The molecule has 1 aliphatic rings. The molecule has 0 aliphatic heterocycles. The van der Waals surface area contributed by atoms with Crippen LogP contribution in [0.4, 0.5) is 11.8 Å². The van der Waals surface area contributed by atoms with Crippen molar-refractivity contribution in [3.05, 3.63) is 66.2 Å². The van der Waals surface area contributed by atoms with E-state index in [4.69, 9.17) is 14.7 Å². The molecule has 5 rings (SSSR count). The number of anilines is 2. The molecule has 0 atom stereocenters. The minimum Gasteiger partial charge on any atom is -0.496 e. The number of nitrogens with zero attached hydrogens (tertiary/aromatic N) is 3. The molecular formula is C30H39N5O. The molecule has 1 fully saturated rings. The maximum Gasteiger partial charge on any atom is 0.225 e. The molecule has 0 unspecified atom stereocenters. The van der Waals surface area contributed by atoms with Gasteiger partial charge in [0.25, 0.3) is 0 Å². The molecular weight excluding hydrogens is 446 g/mol. The fourth-order valence-corrected chi connectivity index (χ4v) is 5.25. The summed E-state index contributed by atoms with van der Waals surface area (Å²) >= 11 is 0. The highest BCUT2D eigenvalue weighted by Gasteiger charge is 2.22. The second kappa shape index (κ2) is 11.6. The van der Waals surface area contributed by atoms with E-state index in [1.54, 1.807) is 7.11 Å². The number of rotatable bonds is 8. The summed E-state index contributed by atoms with van der Waals surface area (Å²) in [5, 5.41) is 10.9. The lowest BCUT2D eigenvalue weighted by molar-refractivity contribution is 0.323. The van der Waals surface area contributed by atoms with Gasteiger partial charge in [0.1, 0.15) is 11.6 Å². The van der Waals surface area contributed by atoms with Gasteiger partial charge in [0.15, 0.2) is 0 Å². The predicted molar refractivity (Wildman–Crippen MR) is 152 cm³/mol. The van der Waals surface area contributed by atoms with Crippen molar-refractivity contribution in [2.45, 2.75) is 45.7 Å². The minimum absolute atomic E-state index is 0. The summed E-state index contributed by atoms with van der Waals surface area (Å²) in [6, 6.07) is 21.4. The van der Waals surface area contributed by atoms with Crippen molar-refractivity contribution in [1.29, 1.82) is 0 Å². The van der Waals surface area contributed by atoms with Crippen LogP contribution in [0.15, 0.2) is 60.7 Å². The van der Waals surface area contributed by atoms with Crippen molar-refractivity contribution < 1.29 is 4.74 Å². The van der Waals surface area contributed by atoms with Gasteiger partial charge in [-0.1, -0.05) is 49.9 Å². The van der Waals surface area contributed by atoms with Crippen LogP contribution >= 0.6 is 0 Å². The molecule has 4 aromatic rings. The molecule has 6 heteroatoms. The Labute approximate surface area is 215 Å². The number of nitrogens with one attached hydrogen (secondary N) is 2. The van der Waals surface area contributed by atoms with Crippen molar-refractivity contribution in [2.75, 3.05) is 38.0 Å². The van der Waals surface area contributed by atoms with Crippen LogP contribution in [0.5, 0.6) is 5.75 Å². The van der Waals surface area contributed by atoms with Crippen LogP contribution in [0.1, 0.15) is 38.7 Å². The Bertz CT molecular complexity index is 1300. The van der Waals surface area contributed by atoms with Crippen molar-refractivity contribution >= 4 is 33.4 Å². The first-order valence-electron chi connectivity index (χ1n) is 12.6. The van der Waals surface area contributed by atoms with Crippen molar-refractivity contribution in [2.24, 2.45) is 5.92 Å². The van der Waals surface area contributed by atoms with Gasteiger partial charge in [-0.05, 0) is 67.1 Å². The summed E-state index contributed by atoms with van der Waals surface area (Å²) in [7, 11) is 5.82. The smallest absolute Gasteiger partial charge is 0.225 e. The average molecular weight is 486 g/mol. The highest BCUT2D eigenvalue weighted by atomic mass is 16.5. The fourth-order valence-electron chi connectivity index (χ4n) is 5.25.